The molecule has 1 aliphatic rings. The Morgan fingerprint density at radius 1 is 1.50 bits per heavy atom. The molecule has 2 rings (SSSR count). The number of amides is 1. The number of nitrogens with one attached hydrogen (secondary N) is 1. The molecule has 16 heavy (non-hydrogen) atoms. The number of hydrogen-bond acceptors (Lipinski definition) is 1. The van der Waals surface area contributed by atoms with Crippen LogP contribution in [0.5, 0.6) is 0 Å². The Labute approximate surface area is 101 Å². The van der Waals surface area contributed by atoms with Crippen molar-refractivity contribution in [1.82, 2.24) is 5.32 Å². The average molecular weight is 238 g/mol. The molecule has 1 aliphatic carbocycles. The first-order valence-electron chi connectivity index (χ1n) is 5.62. The molecule has 0 radical (unpaired) electrons. The highest BCUT2D eigenvalue weighted by molar-refractivity contribution is 6.17. The van der Waals surface area contributed by atoms with Gasteiger partial charge in [0.1, 0.15) is 0 Å². The van der Waals surface area contributed by atoms with Crippen LogP contribution in [0.25, 0.3) is 0 Å². The minimum atomic E-state index is 0.184. The third-order valence-electron chi connectivity index (χ3n) is 3.06. The summed E-state index contributed by atoms with van der Waals surface area (Å²) < 4.78 is 0. The lowest BCUT2D eigenvalue weighted by molar-refractivity contribution is -0.122. The second-order valence-electron chi connectivity index (χ2n) is 4.49. The fourth-order valence-electron chi connectivity index (χ4n) is 1.83. The number of alkyl halides is 1. The fourth-order valence-corrected chi connectivity index (χ4v) is 2.00. The zero-order valence-electron chi connectivity index (χ0n) is 9.37. The van der Waals surface area contributed by atoms with Crippen LogP contribution in [-0.2, 0) is 17.2 Å². The maximum atomic E-state index is 11.6. The molecule has 0 saturated heterocycles. The van der Waals surface area contributed by atoms with E-state index in [1.54, 1.807) is 0 Å². The molecule has 2 nitrogen and oxygen atoms in total. The van der Waals surface area contributed by atoms with Crippen molar-refractivity contribution in [3.8, 4) is 0 Å². The van der Waals surface area contributed by atoms with Gasteiger partial charge in [-0.05, 0) is 23.5 Å². The maximum absolute atomic E-state index is 11.6. The average Bonchev–Trinajstić information content (AvgIpc) is 3.04. The Kier molecular flexibility index (Phi) is 3.49. The number of hydrogen-bond donors (Lipinski definition) is 1. The molecule has 1 amide bonds. The number of benzene rings is 1. The van der Waals surface area contributed by atoms with Crippen molar-refractivity contribution in [3.63, 3.8) is 0 Å². The van der Waals surface area contributed by atoms with E-state index < -0.39 is 0 Å². The van der Waals surface area contributed by atoms with Crippen molar-refractivity contribution >= 4 is 17.5 Å². The van der Waals surface area contributed by atoms with Crippen LogP contribution < -0.4 is 5.32 Å². The van der Waals surface area contributed by atoms with E-state index in [1.807, 2.05) is 24.3 Å². The maximum Gasteiger partial charge on any atom is 0.223 e. The van der Waals surface area contributed by atoms with Crippen LogP contribution in [0.1, 0.15) is 24.5 Å². The van der Waals surface area contributed by atoms with Gasteiger partial charge < -0.3 is 5.32 Å². The van der Waals surface area contributed by atoms with Crippen molar-refractivity contribution in [2.45, 2.75) is 25.8 Å². The Bertz CT molecular complexity index is 391. The minimum Gasteiger partial charge on any atom is -0.352 e. The number of rotatable bonds is 4. The van der Waals surface area contributed by atoms with Gasteiger partial charge in [0.2, 0.25) is 5.91 Å². The summed E-state index contributed by atoms with van der Waals surface area (Å²) in [6, 6.07) is 8.00. The lowest BCUT2D eigenvalue weighted by Gasteiger charge is -2.05. The Morgan fingerprint density at radius 2 is 2.19 bits per heavy atom. The summed E-state index contributed by atoms with van der Waals surface area (Å²) in [6.07, 6.45) is 1.04. The van der Waals surface area contributed by atoms with Crippen molar-refractivity contribution in [3.05, 3.63) is 35.4 Å². The molecule has 1 aromatic rings. The zero-order chi connectivity index (χ0) is 11.5. The smallest absolute Gasteiger partial charge is 0.223 e. The van der Waals surface area contributed by atoms with Crippen LogP contribution in [0.2, 0.25) is 0 Å². The van der Waals surface area contributed by atoms with Gasteiger partial charge in [-0.15, -0.1) is 11.6 Å². The number of carbonyl (C=O) groups is 1. The molecule has 0 heterocycles. The monoisotopic (exact) mass is 237 g/mol. The first-order valence-corrected chi connectivity index (χ1v) is 6.15. The SMILES string of the molecule is CC1CC1C(=O)NCc1cccc(CCl)c1. The van der Waals surface area contributed by atoms with Gasteiger partial charge in [0.25, 0.3) is 0 Å². The highest BCUT2D eigenvalue weighted by Gasteiger charge is 2.38. The fraction of sp³-hybridized carbons (Fsp3) is 0.462. The summed E-state index contributed by atoms with van der Waals surface area (Å²) >= 11 is 5.75. The topological polar surface area (TPSA) is 29.1 Å². The zero-order valence-corrected chi connectivity index (χ0v) is 10.1. The van der Waals surface area contributed by atoms with E-state index in [-0.39, 0.29) is 11.8 Å². The second-order valence-corrected chi connectivity index (χ2v) is 4.76. The first-order chi connectivity index (χ1) is 7.70. The molecule has 0 aliphatic heterocycles. The van der Waals surface area contributed by atoms with Crippen molar-refractivity contribution in [2.24, 2.45) is 11.8 Å². The van der Waals surface area contributed by atoms with Crippen LogP contribution in [0, 0.1) is 11.8 Å². The van der Waals surface area contributed by atoms with Gasteiger partial charge in [0, 0.05) is 18.3 Å². The van der Waals surface area contributed by atoms with Gasteiger partial charge in [0.15, 0.2) is 0 Å². The minimum absolute atomic E-state index is 0.184. The molecular formula is C13H16ClNO. The second kappa shape index (κ2) is 4.88. The molecule has 2 atom stereocenters. The van der Waals surface area contributed by atoms with Crippen LogP contribution in [-0.4, -0.2) is 5.91 Å². The quantitative estimate of drug-likeness (QED) is 0.802. The van der Waals surface area contributed by atoms with Crippen molar-refractivity contribution < 1.29 is 4.79 Å². The third-order valence-corrected chi connectivity index (χ3v) is 3.37. The summed E-state index contributed by atoms with van der Waals surface area (Å²) in [4.78, 5) is 11.6. The van der Waals surface area contributed by atoms with E-state index in [0.29, 0.717) is 18.3 Å². The molecule has 0 spiro atoms. The standard InChI is InChI=1S/C13H16ClNO/c1-9-5-12(9)13(16)15-8-11-4-2-3-10(6-11)7-14/h2-4,6,9,12H,5,7-8H2,1H3,(H,15,16). The summed E-state index contributed by atoms with van der Waals surface area (Å²) in [5.41, 5.74) is 2.20. The molecular weight excluding hydrogens is 222 g/mol. The molecule has 1 saturated carbocycles. The van der Waals surface area contributed by atoms with E-state index >= 15 is 0 Å². The van der Waals surface area contributed by atoms with Gasteiger partial charge in [-0.2, -0.15) is 0 Å². The lowest BCUT2D eigenvalue weighted by Crippen LogP contribution is -2.24. The first kappa shape index (κ1) is 11.5. The van der Waals surface area contributed by atoms with E-state index in [2.05, 4.69) is 12.2 Å². The summed E-state index contributed by atoms with van der Waals surface area (Å²) in [7, 11) is 0. The Morgan fingerprint density at radius 3 is 2.81 bits per heavy atom. The third kappa shape index (κ3) is 2.76. The van der Waals surface area contributed by atoms with Crippen LogP contribution in [0.4, 0.5) is 0 Å². The molecule has 3 heteroatoms. The highest BCUT2D eigenvalue weighted by Crippen LogP contribution is 2.37. The van der Waals surface area contributed by atoms with E-state index in [4.69, 9.17) is 11.6 Å². The van der Waals surface area contributed by atoms with Crippen molar-refractivity contribution in [2.75, 3.05) is 0 Å². The van der Waals surface area contributed by atoms with Gasteiger partial charge in [-0.1, -0.05) is 31.2 Å². The Hall–Kier alpha value is -1.02. The largest absolute Gasteiger partial charge is 0.352 e. The lowest BCUT2D eigenvalue weighted by atomic mass is 10.1. The molecule has 0 bridgehead atoms. The van der Waals surface area contributed by atoms with Gasteiger partial charge >= 0.3 is 0 Å². The number of carbonyl (C=O) groups excluding carboxylic acids is 1. The molecule has 2 unspecified atom stereocenters. The van der Waals surface area contributed by atoms with Crippen LogP contribution in [0.3, 0.4) is 0 Å². The summed E-state index contributed by atoms with van der Waals surface area (Å²) in [5, 5.41) is 2.96. The predicted octanol–water partition coefficient (Wildman–Crippen LogP) is 2.70. The normalized spacial score (nSPS) is 22.9. The van der Waals surface area contributed by atoms with Gasteiger partial charge in [-0.25, -0.2) is 0 Å². The predicted molar refractivity (Wildman–Crippen MR) is 65.1 cm³/mol. The highest BCUT2D eigenvalue weighted by atomic mass is 35.5. The molecule has 86 valence electrons. The molecule has 0 aromatic heterocycles. The summed E-state index contributed by atoms with van der Waals surface area (Å²) in [5.74, 6) is 1.51. The molecule has 1 N–H and O–H groups in total. The van der Waals surface area contributed by atoms with E-state index in [1.165, 1.54) is 0 Å². The van der Waals surface area contributed by atoms with Crippen molar-refractivity contribution in [1.29, 1.82) is 0 Å². The van der Waals surface area contributed by atoms with Gasteiger partial charge in [0.05, 0.1) is 0 Å². The van der Waals surface area contributed by atoms with E-state index in [0.717, 1.165) is 17.5 Å². The Balaban J connectivity index is 1.86. The van der Waals surface area contributed by atoms with E-state index in [9.17, 15) is 4.79 Å². The molecule has 1 aromatic carbocycles. The molecule has 1 fully saturated rings. The van der Waals surface area contributed by atoms with Gasteiger partial charge in [-0.3, -0.25) is 4.79 Å². The number of halogens is 1. The van der Waals surface area contributed by atoms with Crippen LogP contribution in [0.15, 0.2) is 24.3 Å². The van der Waals surface area contributed by atoms with Crippen LogP contribution >= 0.6 is 11.6 Å². The summed E-state index contributed by atoms with van der Waals surface area (Å²) in [6.45, 7) is 2.71.